The molecule has 2 amide bonds. The van der Waals surface area contributed by atoms with E-state index in [0.29, 0.717) is 35.8 Å². The van der Waals surface area contributed by atoms with Crippen LogP contribution in [0.3, 0.4) is 0 Å². The van der Waals surface area contributed by atoms with E-state index in [1.165, 1.54) is 12.1 Å². The standard InChI is InChI=1S/C24H14F4N2O3S/c25-15-6-11-20(24(26,27)28)14(12-15)13-19-21(31)29-23(34)30(22(19)32)16-7-9-18(10-8-16)33-17-4-2-1-3-5-17/h1-13H,(H,29,31,34). The summed E-state index contributed by atoms with van der Waals surface area (Å²) in [5, 5.41) is 2.03. The Bertz CT molecular complexity index is 1310. The number of thiocarbonyl (C=S) groups is 1. The second-order valence-electron chi connectivity index (χ2n) is 7.10. The van der Waals surface area contributed by atoms with E-state index in [4.69, 9.17) is 17.0 Å². The molecular formula is C24H14F4N2O3S. The molecule has 0 atom stereocenters. The number of hydrogen-bond acceptors (Lipinski definition) is 4. The van der Waals surface area contributed by atoms with E-state index in [-0.39, 0.29) is 10.8 Å². The van der Waals surface area contributed by atoms with E-state index < -0.39 is 40.5 Å². The Balaban J connectivity index is 1.66. The first kappa shape index (κ1) is 23.1. The molecule has 0 unspecified atom stereocenters. The Morgan fingerprint density at radius 3 is 2.21 bits per heavy atom. The fraction of sp³-hybridized carbons (Fsp3) is 0.0417. The van der Waals surface area contributed by atoms with Crippen molar-refractivity contribution in [2.45, 2.75) is 6.18 Å². The zero-order valence-electron chi connectivity index (χ0n) is 17.1. The van der Waals surface area contributed by atoms with E-state index in [9.17, 15) is 27.2 Å². The van der Waals surface area contributed by atoms with Crippen molar-refractivity contribution in [2.24, 2.45) is 0 Å². The summed E-state index contributed by atoms with van der Waals surface area (Å²) in [6.45, 7) is 0. The maximum absolute atomic E-state index is 13.7. The molecule has 1 aliphatic rings. The third-order valence-corrected chi connectivity index (χ3v) is 5.08. The van der Waals surface area contributed by atoms with Gasteiger partial charge in [0.05, 0.1) is 11.3 Å². The summed E-state index contributed by atoms with van der Waals surface area (Å²) < 4.78 is 59.4. The number of benzene rings is 3. The minimum Gasteiger partial charge on any atom is -0.457 e. The van der Waals surface area contributed by atoms with Crippen molar-refractivity contribution in [1.29, 1.82) is 0 Å². The molecule has 0 spiro atoms. The largest absolute Gasteiger partial charge is 0.457 e. The van der Waals surface area contributed by atoms with Crippen LogP contribution in [-0.2, 0) is 15.8 Å². The van der Waals surface area contributed by atoms with Crippen molar-refractivity contribution in [3.63, 3.8) is 0 Å². The van der Waals surface area contributed by atoms with E-state index in [1.54, 1.807) is 36.4 Å². The minimum atomic E-state index is -4.82. The van der Waals surface area contributed by atoms with Gasteiger partial charge in [0.25, 0.3) is 11.8 Å². The summed E-state index contributed by atoms with van der Waals surface area (Å²) in [4.78, 5) is 26.4. The highest BCUT2D eigenvalue weighted by Crippen LogP contribution is 2.34. The lowest BCUT2D eigenvalue weighted by Crippen LogP contribution is -2.54. The second-order valence-corrected chi connectivity index (χ2v) is 7.48. The fourth-order valence-corrected chi connectivity index (χ4v) is 3.53. The van der Waals surface area contributed by atoms with Crippen LogP contribution < -0.4 is 15.0 Å². The molecular weight excluding hydrogens is 472 g/mol. The lowest BCUT2D eigenvalue weighted by Gasteiger charge is -2.29. The van der Waals surface area contributed by atoms with Gasteiger partial charge in [0.2, 0.25) is 0 Å². The number of para-hydroxylation sites is 1. The molecule has 0 radical (unpaired) electrons. The molecule has 0 aliphatic carbocycles. The molecule has 4 rings (SSSR count). The summed E-state index contributed by atoms with van der Waals surface area (Å²) in [5.74, 6) is -1.85. The molecule has 1 heterocycles. The first-order valence-corrected chi connectivity index (χ1v) is 10.2. The molecule has 1 aliphatic heterocycles. The van der Waals surface area contributed by atoms with Gasteiger partial charge in [-0.1, -0.05) is 18.2 Å². The van der Waals surface area contributed by atoms with Crippen LogP contribution in [0.2, 0.25) is 0 Å². The molecule has 10 heteroatoms. The van der Waals surface area contributed by atoms with Gasteiger partial charge in [-0.2, -0.15) is 13.2 Å². The maximum atomic E-state index is 13.7. The quantitative estimate of drug-likeness (QED) is 0.230. The molecule has 172 valence electrons. The van der Waals surface area contributed by atoms with E-state index in [2.05, 4.69) is 5.32 Å². The topological polar surface area (TPSA) is 58.6 Å². The summed E-state index contributed by atoms with van der Waals surface area (Å²) in [6.07, 6.45) is -4.12. The highest BCUT2D eigenvalue weighted by molar-refractivity contribution is 7.80. The van der Waals surface area contributed by atoms with Gasteiger partial charge in [-0.05, 0) is 78.5 Å². The lowest BCUT2D eigenvalue weighted by molar-refractivity contribution is -0.137. The number of rotatable bonds is 4. The molecule has 34 heavy (non-hydrogen) atoms. The molecule has 0 saturated carbocycles. The van der Waals surface area contributed by atoms with Gasteiger partial charge >= 0.3 is 6.18 Å². The third-order valence-electron chi connectivity index (χ3n) is 4.79. The Labute approximate surface area is 196 Å². The van der Waals surface area contributed by atoms with Gasteiger partial charge in [-0.25, -0.2) is 4.39 Å². The van der Waals surface area contributed by atoms with Crippen molar-refractivity contribution in [1.82, 2.24) is 5.32 Å². The van der Waals surface area contributed by atoms with Crippen molar-refractivity contribution in [3.05, 3.63) is 95.3 Å². The van der Waals surface area contributed by atoms with Crippen molar-refractivity contribution >= 4 is 40.9 Å². The van der Waals surface area contributed by atoms with Gasteiger partial charge in [-0.3, -0.25) is 19.8 Å². The number of amides is 2. The van der Waals surface area contributed by atoms with E-state index in [1.807, 2.05) is 6.07 Å². The van der Waals surface area contributed by atoms with Gasteiger partial charge in [-0.15, -0.1) is 0 Å². The summed E-state index contributed by atoms with van der Waals surface area (Å²) in [7, 11) is 0. The number of anilines is 1. The molecule has 0 aromatic heterocycles. The molecule has 3 aromatic rings. The average Bonchev–Trinajstić information content (AvgIpc) is 2.77. The Morgan fingerprint density at radius 1 is 0.912 bits per heavy atom. The predicted octanol–water partition coefficient (Wildman–Crippen LogP) is 5.47. The van der Waals surface area contributed by atoms with Crippen LogP contribution in [0.5, 0.6) is 11.5 Å². The Morgan fingerprint density at radius 2 is 1.56 bits per heavy atom. The van der Waals surface area contributed by atoms with Crippen LogP contribution in [0.4, 0.5) is 23.2 Å². The molecule has 3 aromatic carbocycles. The second kappa shape index (κ2) is 9.06. The number of alkyl halides is 3. The minimum absolute atomic E-state index is 0.247. The molecule has 1 fully saturated rings. The summed E-state index contributed by atoms with van der Waals surface area (Å²) >= 11 is 5.10. The Kier molecular flexibility index (Phi) is 6.16. The smallest absolute Gasteiger partial charge is 0.416 e. The molecule has 5 nitrogen and oxygen atoms in total. The number of halogens is 4. The first-order chi connectivity index (χ1) is 16.1. The highest BCUT2D eigenvalue weighted by Gasteiger charge is 2.37. The zero-order valence-corrected chi connectivity index (χ0v) is 17.9. The molecule has 0 bridgehead atoms. The Hall–Kier alpha value is -4.05. The fourth-order valence-electron chi connectivity index (χ4n) is 3.25. The van der Waals surface area contributed by atoms with Gasteiger partial charge in [0.15, 0.2) is 5.11 Å². The maximum Gasteiger partial charge on any atom is 0.416 e. The van der Waals surface area contributed by atoms with Gasteiger partial charge in [0, 0.05) is 0 Å². The van der Waals surface area contributed by atoms with Crippen LogP contribution in [0.25, 0.3) is 6.08 Å². The summed E-state index contributed by atoms with van der Waals surface area (Å²) in [6, 6.07) is 16.9. The van der Waals surface area contributed by atoms with Gasteiger partial charge in [0.1, 0.15) is 22.9 Å². The predicted molar refractivity (Wildman–Crippen MR) is 121 cm³/mol. The number of nitrogens with zero attached hydrogens (tertiary/aromatic N) is 1. The lowest BCUT2D eigenvalue weighted by atomic mass is 10.0. The van der Waals surface area contributed by atoms with Crippen LogP contribution in [0.15, 0.2) is 78.4 Å². The molecule has 1 N–H and O–H groups in total. The van der Waals surface area contributed by atoms with Crippen molar-refractivity contribution in [3.8, 4) is 11.5 Å². The normalized spacial score (nSPS) is 15.5. The van der Waals surface area contributed by atoms with E-state index >= 15 is 0 Å². The van der Waals surface area contributed by atoms with Crippen molar-refractivity contribution in [2.75, 3.05) is 4.90 Å². The third kappa shape index (κ3) is 4.81. The number of carbonyl (C=O) groups is 2. The number of nitrogens with one attached hydrogen (secondary N) is 1. The highest BCUT2D eigenvalue weighted by atomic mass is 32.1. The van der Waals surface area contributed by atoms with Crippen LogP contribution >= 0.6 is 12.2 Å². The zero-order chi connectivity index (χ0) is 24.5. The first-order valence-electron chi connectivity index (χ1n) is 9.74. The number of ether oxygens (including phenoxy) is 1. The van der Waals surface area contributed by atoms with Crippen LogP contribution in [0.1, 0.15) is 11.1 Å². The SMILES string of the molecule is O=C1NC(=S)N(c2ccc(Oc3ccccc3)cc2)C(=O)C1=Cc1cc(F)ccc1C(F)(F)F. The van der Waals surface area contributed by atoms with E-state index in [0.717, 1.165) is 4.90 Å². The summed E-state index contributed by atoms with van der Waals surface area (Å²) in [5.41, 5.74) is -2.24. The number of hydrogen-bond donors (Lipinski definition) is 1. The monoisotopic (exact) mass is 486 g/mol. The van der Waals surface area contributed by atoms with Gasteiger partial charge < -0.3 is 4.74 Å². The molecule has 1 saturated heterocycles. The van der Waals surface area contributed by atoms with Crippen LogP contribution in [-0.4, -0.2) is 16.9 Å². The average molecular weight is 486 g/mol. The van der Waals surface area contributed by atoms with Crippen molar-refractivity contribution < 1.29 is 31.9 Å². The number of carbonyl (C=O) groups excluding carboxylic acids is 2. The van der Waals surface area contributed by atoms with Crippen LogP contribution in [0, 0.1) is 5.82 Å².